The molecule has 4 unspecified atom stereocenters. The summed E-state index contributed by atoms with van der Waals surface area (Å²) in [6.45, 7) is 19.8. The Hall–Kier alpha value is -0.150. The van der Waals surface area contributed by atoms with Crippen molar-refractivity contribution in [1.82, 2.24) is 19.6 Å². The Kier molecular flexibility index (Phi) is 48.5. The van der Waals surface area contributed by atoms with E-state index in [-0.39, 0.29) is 30.4 Å². The van der Waals surface area contributed by atoms with E-state index in [0.717, 1.165) is 141 Å². The van der Waals surface area contributed by atoms with Crippen molar-refractivity contribution >= 4 is 27.6 Å². The van der Waals surface area contributed by atoms with Crippen LogP contribution in [0.1, 0.15) is 240 Å². The number of carbonyl (C=O) groups is 1. The highest BCUT2D eigenvalue weighted by Gasteiger charge is 2.19. The number of carbonyl (C=O) groups excluding carboxylic acids is 1. The standard InChI is InChI=1S/C57H116N4O6S2/c1-5-9-13-17-21-25-33-53(62)49-60(50-54(63)34-26-22-18-14-10-6-2)38-30-29-37-57(66)67-46-44-58-40-42-59(43-41-58)45-48-69-68-47-32-31-39-61(51-55(64)35-27-23-19-15-11-7-3)52-56(65)36-28-24-20-16-12-8-4/h53-56,62-65H,5-52H2,1-4H3. The molecule has 0 saturated carbocycles. The molecule has 69 heavy (non-hydrogen) atoms. The Bertz CT molecular complexity index is 1030. The number of nitrogens with zero attached hydrogens (tertiary/aromatic N) is 4. The molecular weight excluding hydrogens is 901 g/mol. The molecule has 0 radical (unpaired) electrons. The van der Waals surface area contributed by atoms with Gasteiger partial charge in [0, 0.05) is 83.4 Å². The van der Waals surface area contributed by atoms with Crippen LogP contribution in [-0.2, 0) is 9.53 Å². The molecule has 1 aliphatic heterocycles. The van der Waals surface area contributed by atoms with Crippen molar-refractivity contribution in [2.75, 3.05) is 96.6 Å². The van der Waals surface area contributed by atoms with Crippen LogP contribution in [0, 0.1) is 0 Å². The van der Waals surface area contributed by atoms with Gasteiger partial charge in [0.1, 0.15) is 6.61 Å². The van der Waals surface area contributed by atoms with Crippen molar-refractivity contribution in [2.24, 2.45) is 0 Å². The molecule has 1 saturated heterocycles. The van der Waals surface area contributed by atoms with Crippen LogP contribution in [0.3, 0.4) is 0 Å². The fourth-order valence-electron chi connectivity index (χ4n) is 9.70. The summed E-state index contributed by atoms with van der Waals surface area (Å²) in [5.41, 5.74) is 0. The van der Waals surface area contributed by atoms with Crippen molar-refractivity contribution in [3.63, 3.8) is 0 Å². The molecule has 4 atom stereocenters. The van der Waals surface area contributed by atoms with Crippen LogP contribution in [0.2, 0.25) is 0 Å². The number of hydrogen-bond acceptors (Lipinski definition) is 12. The molecule has 0 spiro atoms. The molecule has 0 aliphatic carbocycles. The van der Waals surface area contributed by atoms with Crippen LogP contribution in [0.25, 0.3) is 0 Å². The van der Waals surface area contributed by atoms with E-state index in [1.807, 2.05) is 21.6 Å². The number of aliphatic hydroxyl groups excluding tert-OH is 4. The monoisotopic (exact) mass is 1020 g/mol. The molecule has 0 aromatic rings. The van der Waals surface area contributed by atoms with Crippen LogP contribution in [0.5, 0.6) is 0 Å². The first kappa shape index (κ1) is 66.9. The van der Waals surface area contributed by atoms with Gasteiger partial charge >= 0.3 is 5.97 Å². The van der Waals surface area contributed by atoms with E-state index < -0.39 is 0 Å². The van der Waals surface area contributed by atoms with Crippen molar-refractivity contribution in [2.45, 2.75) is 264 Å². The van der Waals surface area contributed by atoms with Gasteiger partial charge in [0.2, 0.25) is 0 Å². The van der Waals surface area contributed by atoms with Crippen LogP contribution >= 0.6 is 21.6 Å². The van der Waals surface area contributed by atoms with E-state index >= 15 is 0 Å². The second kappa shape index (κ2) is 50.0. The maximum atomic E-state index is 12.7. The van der Waals surface area contributed by atoms with Gasteiger partial charge in [-0.15, -0.1) is 0 Å². The predicted molar refractivity (Wildman–Crippen MR) is 301 cm³/mol. The number of esters is 1. The molecule has 0 bridgehead atoms. The summed E-state index contributed by atoms with van der Waals surface area (Å²) in [6.07, 6.45) is 35.9. The molecule has 4 N–H and O–H groups in total. The van der Waals surface area contributed by atoms with Gasteiger partial charge in [0.25, 0.3) is 0 Å². The highest BCUT2D eigenvalue weighted by atomic mass is 33.1. The molecule has 1 aliphatic rings. The molecule has 412 valence electrons. The van der Waals surface area contributed by atoms with Crippen molar-refractivity contribution in [1.29, 1.82) is 0 Å². The summed E-state index contributed by atoms with van der Waals surface area (Å²) >= 11 is 0. The zero-order valence-corrected chi connectivity index (χ0v) is 47.6. The van der Waals surface area contributed by atoms with Gasteiger partial charge in [-0.1, -0.05) is 203 Å². The fraction of sp³-hybridized carbons (Fsp3) is 0.982. The zero-order chi connectivity index (χ0) is 50.3. The van der Waals surface area contributed by atoms with Gasteiger partial charge < -0.3 is 25.2 Å². The molecule has 0 aromatic carbocycles. The Morgan fingerprint density at radius 3 is 1.16 bits per heavy atom. The summed E-state index contributed by atoms with van der Waals surface area (Å²) in [5, 5.41) is 43.5. The van der Waals surface area contributed by atoms with Crippen molar-refractivity contribution in [3.05, 3.63) is 0 Å². The van der Waals surface area contributed by atoms with E-state index in [1.165, 1.54) is 128 Å². The fourth-order valence-corrected chi connectivity index (χ4v) is 11.9. The molecule has 1 heterocycles. The van der Waals surface area contributed by atoms with Crippen molar-refractivity contribution < 1.29 is 30.0 Å². The quantitative estimate of drug-likeness (QED) is 0.0264. The van der Waals surface area contributed by atoms with E-state index in [2.05, 4.69) is 47.3 Å². The summed E-state index contributed by atoms with van der Waals surface area (Å²) < 4.78 is 5.67. The van der Waals surface area contributed by atoms with Gasteiger partial charge in [0.15, 0.2) is 0 Å². The van der Waals surface area contributed by atoms with Gasteiger partial charge in [-0.05, 0) is 64.5 Å². The average molecular weight is 1020 g/mol. The predicted octanol–water partition coefficient (Wildman–Crippen LogP) is 12.5. The van der Waals surface area contributed by atoms with Gasteiger partial charge in [-0.2, -0.15) is 0 Å². The Labute approximate surface area is 435 Å². The smallest absolute Gasteiger partial charge is 0.305 e. The number of aliphatic hydroxyl groups is 4. The minimum atomic E-state index is -0.371. The lowest BCUT2D eigenvalue weighted by molar-refractivity contribution is -0.144. The lowest BCUT2D eigenvalue weighted by Gasteiger charge is -2.34. The Morgan fingerprint density at radius 1 is 0.435 bits per heavy atom. The van der Waals surface area contributed by atoms with Crippen LogP contribution in [0.4, 0.5) is 0 Å². The average Bonchev–Trinajstić information content (AvgIpc) is 3.33. The van der Waals surface area contributed by atoms with Gasteiger partial charge in [-0.3, -0.25) is 24.4 Å². The summed E-state index contributed by atoms with van der Waals surface area (Å²) in [4.78, 5) is 22.2. The third kappa shape index (κ3) is 43.9. The Morgan fingerprint density at radius 2 is 0.768 bits per heavy atom. The second-order valence-corrected chi connectivity index (χ2v) is 23.8. The highest BCUT2D eigenvalue weighted by Crippen LogP contribution is 2.23. The minimum absolute atomic E-state index is 0.117. The number of hydrogen-bond donors (Lipinski definition) is 4. The SMILES string of the molecule is CCCCCCCCC(O)CN(CCCCSSCCN1CCN(CCOC(=O)CCCCN(CC(O)CCCCCCCC)CC(O)CCCCCCCC)CC1)CC(O)CCCCCCCC. The third-order valence-electron chi connectivity index (χ3n) is 14.2. The molecule has 1 rings (SSSR count). The number of unbranched alkanes of at least 4 members (excludes halogenated alkanes) is 22. The molecule has 0 amide bonds. The molecule has 10 nitrogen and oxygen atoms in total. The van der Waals surface area contributed by atoms with Crippen LogP contribution in [-0.4, -0.2) is 167 Å². The van der Waals surface area contributed by atoms with Crippen LogP contribution < -0.4 is 0 Å². The van der Waals surface area contributed by atoms with E-state index in [0.29, 0.717) is 39.2 Å². The first-order valence-electron chi connectivity index (χ1n) is 29.7. The zero-order valence-electron chi connectivity index (χ0n) is 46.0. The largest absolute Gasteiger partial charge is 0.464 e. The third-order valence-corrected chi connectivity index (χ3v) is 16.7. The van der Waals surface area contributed by atoms with Crippen molar-refractivity contribution in [3.8, 4) is 0 Å². The number of rotatable bonds is 53. The first-order valence-corrected chi connectivity index (χ1v) is 32.2. The summed E-state index contributed by atoms with van der Waals surface area (Å²) in [6, 6.07) is 0. The van der Waals surface area contributed by atoms with Crippen LogP contribution in [0.15, 0.2) is 0 Å². The van der Waals surface area contributed by atoms with E-state index in [1.54, 1.807) is 0 Å². The number of piperazine rings is 1. The number of ether oxygens (including phenoxy) is 1. The summed E-state index contributed by atoms with van der Waals surface area (Å²) in [5.74, 6) is 2.14. The lowest BCUT2D eigenvalue weighted by Crippen LogP contribution is -2.47. The molecule has 1 fully saturated rings. The normalized spacial score (nSPS) is 15.6. The highest BCUT2D eigenvalue weighted by molar-refractivity contribution is 8.76. The van der Waals surface area contributed by atoms with Gasteiger partial charge in [0.05, 0.1) is 24.4 Å². The maximum absolute atomic E-state index is 12.7. The molecule has 12 heteroatoms. The second-order valence-electron chi connectivity index (χ2n) is 21.1. The van der Waals surface area contributed by atoms with Gasteiger partial charge in [-0.25, -0.2) is 0 Å². The molecule has 0 aromatic heterocycles. The lowest BCUT2D eigenvalue weighted by atomic mass is 10.1. The van der Waals surface area contributed by atoms with E-state index in [9.17, 15) is 25.2 Å². The topological polar surface area (TPSA) is 120 Å². The maximum Gasteiger partial charge on any atom is 0.305 e. The minimum Gasteiger partial charge on any atom is -0.464 e. The molecular formula is C57H116N4O6S2. The first-order chi connectivity index (χ1) is 33.7. The summed E-state index contributed by atoms with van der Waals surface area (Å²) in [7, 11) is 3.97. The van der Waals surface area contributed by atoms with E-state index in [4.69, 9.17) is 4.74 Å². The Balaban J connectivity index is 2.27.